The summed E-state index contributed by atoms with van der Waals surface area (Å²) in [5, 5.41) is 0.770. The highest BCUT2D eigenvalue weighted by atomic mass is 32.2. The van der Waals surface area contributed by atoms with Crippen molar-refractivity contribution in [1.29, 1.82) is 0 Å². The van der Waals surface area contributed by atoms with Crippen LogP contribution in [0.25, 0.3) is 10.2 Å². The van der Waals surface area contributed by atoms with Gasteiger partial charge in [-0.2, -0.15) is 0 Å². The fraction of sp³-hybridized carbons (Fsp3) is 0.375. The van der Waals surface area contributed by atoms with E-state index in [4.69, 9.17) is 9.47 Å². The minimum absolute atomic E-state index is 0.0754. The standard InChI is InChI=1S/C24H27N3O6S2/c1-15(2)33-19-9-8-16(35(4,30)31)14-18(19)22(28)26-10-12-27(13-11-26)24-25-21-17(23(29)32-3)6-5-7-20(21)34-24/h5-9,14-15H,10-13H2,1-4H3. The monoisotopic (exact) mass is 517 g/mol. The maximum atomic E-state index is 13.4. The number of esters is 1. The second kappa shape index (κ2) is 9.82. The number of piperazine rings is 1. The van der Waals surface area contributed by atoms with E-state index in [1.165, 1.54) is 30.6 Å². The molecule has 1 aliphatic heterocycles. The minimum Gasteiger partial charge on any atom is -0.490 e. The molecule has 4 rings (SSSR count). The third-order valence-corrected chi connectivity index (χ3v) is 7.81. The maximum absolute atomic E-state index is 13.4. The first-order valence-corrected chi connectivity index (χ1v) is 13.8. The summed E-state index contributed by atoms with van der Waals surface area (Å²) in [6.07, 6.45) is 0.943. The van der Waals surface area contributed by atoms with E-state index in [9.17, 15) is 18.0 Å². The van der Waals surface area contributed by atoms with Gasteiger partial charge in [-0.1, -0.05) is 17.4 Å². The number of benzene rings is 2. The number of fused-ring (bicyclic) bond motifs is 1. The normalized spacial score (nSPS) is 14.4. The first-order chi connectivity index (χ1) is 16.6. The van der Waals surface area contributed by atoms with E-state index in [2.05, 4.69) is 9.88 Å². The Morgan fingerprint density at radius 1 is 1.06 bits per heavy atom. The molecule has 3 aromatic rings. The van der Waals surface area contributed by atoms with Gasteiger partial charge in [0.2, 0.25) is 0 Å². The van der Waals surface area contributed by atoms with Crippen LogP contribution in [-0.2, 0) is 14.6 Å². The van der Waals surface area contributed by atoms with Crippen LogP contribution in [0.15, 0.2) is 41.3 Å². The smallest absolute Gasteiger partial charge is 0.340 e. The lowest BCUT2D eigenvalue weighted by Crippen LogP contribution is -2.48. The third-order valence-electron chi connectivity index (χ3n) is 5.62. The number of hydrogen-bond donors (Lipinski definition) is 0. The minimum atomic E-state index is -3.48. The molecule has 186 valence electrons. The van der Waals surface area contributed by atoms with Gasteiger partial charge < -0.3 is 19.3 Å². The molecule has 1 amide bonds. The Morgan fingerprint density at radius 2 is 1.77 bits per heavy atom. The molecule has 0 N–H and O–H groups in total. The molecular formula is C24H27N3O6S2. The summed E-state index contributed by atoms with van der Waals surface area (Å²) in [4.78, 5) is 34.0. The van der Waals surface area contributed by atoms with Crippen LogP contribution in [-0.4, -0.2) is 75.8 Å². The predicted molar refractivity (Wildman–Crippen MR) is 134 cm³/mol. The van der Waals surface area contributed by atoms with Gasteiger partial charge in [-0.15, -0.1) is 0 Å². The highest BCUT2D eigenvalue weighted by Crippen LogP contribution is 2.32. The van der Waals surface area contributed by atoms with Crippen molar-refractivity contribution >= 4 is 48.4 Å². The first kappa shape index (κ1) is 24.9. The largest absolute Gasteiger partial charge is 0.490 e. The Kier molecular flexibility index (Phi) is 7.00. The number of anilines is 1. The molecule has 0 aliphatic carbocycles. The predicted octanol–water partition coefficient (Wildman–Crippen LogP) is 3.24. The van der Waals surface area contributed by atoms with Gasteiger partial charge in [0.1, 0.15) is 5.75 Å². The summed E-state index contributed by atoms with van der Waals surface area (Å²) in [7, 11) is -2.14. The molecule has 1 aromatic heterocycles. The summed E-state index contributed by atoms with van der Waals surface area (Å²) >= 11 is 1.48. The SMILES string of the molecule is COC(=O)c1cccc2sc(N3CCN(C(=O)c4cc(S(C)(=O)=O)ccc4OC(C)C)CC3)nc12. The van der Waals surface area contributed by atoms with E-state index in [1.54, 1.807) is 23.1 Å². The molecule has 1 fully saturated rings. The van der Waals surface area contributed by atoms with Gasteiger partial charge in [-0.05, 0) is 44.2 Å². The summed E-state index contributed by atoms with van der Waals surface area (Å²) < 4.78 is 35.7. The van der Waals surface area contributed by atoms with Gasteiger partial charge in [0.05, 0.1) is 39.5 Å². The molecule has 9 nitrogen and oxygen atoms in total. The zero-order valence-electron chi connectivity index (χ0n) is 20.0. The molecule has 1 aliphatic rings. The summed E-state index contributed by atoms with van der Waals surface area (Å²) in [6.45, 7) is 5.66. The number of hydrogen-bond acceptors (Lipinski definition) is 9. The topological polar surface area (TPSA) is 106 Å². The van der Waals surface area contributed by atoms with E-state index in [1.807, 2.05) is 19.9 Å². The van der Waals surface area contributed by atoms with Crippen molar-refractivity contribution in [2.24, 2.45) is 0 Å². The van der Waals surface area contributed by atoms with Crippen molar-refractivity contribution in [3.8, 4) is 5.75 Å². The van der Waals surface area contributed by atoms with Crippen LogP contribution in [0.1, 0.15) is 34.6 Å². The van der Waals surface area contributed by atoms with Crippen molar-refractivity contribution in [1.82, 2.24) is 9.88 Å². The van der Waals surface area contributed by atoms with Gasteiger partial charge in [0.25, 0.3) is 5.91 Å². The molecule has 0 bridgehead atoms. The highest BCUT2D eigenvalue weighted by Gasteiger charge is 2.27. The van der Waals surface area contributed by atoms with Crippen LogP contribution in [0.4, 0.5) is 5.13 Å². The Hall–Kier alpha value is -3.18. The van der Waals surface area contributed by atoms with E-state index < -0.39 is 15.8 Å². The Morgan fingerprint density at radius 3 is 2.40 bits per heavy atom. The molecule has 1 saturated heterocycles. The lowest BCUT2D eigenvalue weighted by Gasteiger charge is -2.35. The molecule has 0 spiro atoms. The van der Waals surface area contributed by atoms with Crippen molar-refractivity contribution < 1.29 is 27.5 Å². The van der Waals surface area contributed by atoms with Gasteiger partial charge in [0, 0.05) is 32.4 Å². The van der Waals surface area contributed by atoms with Crippen molar-refractivity contribution in [2.45, 2.75) is 24.8 Å². The van der Waals surface area contributed by atoms with E-state index in [0.29, 0.717) is 43.0 Å². The van der Waals surface area contributed by atoms with Crippen molar-refractivity contribution in [3.63, 3.8) is 0 Å². The lowest BCUT2D eigenvalue weighted by atomic mass is 10.1. The van der Waals surface area contributed by atoms with Gasteiger partial charge in [0.15, 0.2) is 15.0 Å². The third kappa shape index (κ3) is 5.25. The van der Waals surface area contributed by atoms with Crippen LogP contribution < -0.4 is 9.64 Å². The number of methoxy groups -OCH3 is 1. The molecule has 2 heterocycles. The second-order valence-corrected chi connectivity index (χ2v) is 11.5. The number of sulfone groups is 1. The number of ether oxygens (including phenoxy) is 2. The second-order valence-electron chi connectivity index (χ2n) is 8.52. The lowest BCUT2D eigenvalue weighted by molar-refractivity contribution is 0.0602. The number of thiazole rings is 1. The first-order valence-electron chi connectivity index (χ1n) is 11.1. The van der Waals surface area contributed by atoms with Gasteiger partial charge in [-0.3, -0.25) is 4.79 Å². The fourth-order valence-corrected chi connectivity index (χ4v) is 5.57. The Balaban J connectivity index is 1.54. The van der Waals surface area contributed by atoms with Crippen LogP contribution in [0.2, 0.25) is 0 Å². The van der Waals surface area contributed by atoms with Gasteiger partial charge in [-0.25, -0.2) is 18.2 Å². The number of carbonyl (C=O) groups excluding carboxylic acids is 2. The molecule has 0 saturated carbocycles. The average molecular weight is 518 g/mol. The molecular weight excluding hydrogens is 490 g/mol. The van der Waals surface area contributed by atoms with Crippen LogP contribution in [0, 0.1) is 0 Å². The summed E-state index contributed by atoms with van der Waals surface area (Å²) in [5.74, 6) is -0.344. The Labute approximate surface area is 208 Å². The molecule has 35 heavy (non-hydrogen) atoms. The van der Waals surface area contributed by atoms with E-state index >= 15 is 0 Å². The molecule has 0 unspecified atom stereocenters. The maximum Gasteiger partial charge on any atom is 0.340 e. The number of rotatable bonds is 6. The van der Waals surface area contributed by atoms with Gasteiger partial charge >= 0.3 is 5.97 Å². The molecule has 0 radical (unpaired) electrons. The van der Waals surface area contributed by atoms with E-state index in [-0.39, 0.29) is 22.5 Å². The number of carbonyl (C=O) groups is 2. The summed E-state index contributed by atoms with van der Waals surface area (Å²) in [6, 6.07) is 9.79. The molecule has 11 heteroatoms. The zero-order valence-corrected chi connectivity index (χ0v) is 21.6. The zero-order chi connectivity index (χ0) is 25.3. The average Bonchev–Trinajstić information content (AvgIpc) is 3.27. The molecule has 0 atom stereocenters. The van der Waals surface area contributed by atoms with Crippen LogP contribution in [0.3, 0.4) is 0 Å². The van der Waals surface area contributed by atoms with Crippen molar-refractivity contribution in [2.75, 3.05) is 44.4 Å². The van der Waals surface area contributed by atoms with Crippen LogP contribution >= 0.6 is 11.3 Å². The Bertz CT molecular complexity index is 1380. The molecule has 2 aromatic carbocycles. The number of amides is 1. The quantitative estimate of drug-likeness (QED) is 0.459. The van der Waals surface area contributed by atoms with Crippen molar-refractivity contribution in [3.05, 3.63) is 47.5 Å². The van der Waals surface area contributed by atoms with E-state index in [0.717, 1.165) is 16.1 Å². The number of nitrogens with zero attached hydrogens (tertiary/aromatic N) is 3. The summed E-state index contributed by atoms with van der Waals surface area (Å²) in [5.41, 5.74) is 1.26. The highest BCUT2D eigenvalue weighted by molar-refractivity contribution is 7.90. The van der Waals surface area contributed by atoms with Crippen LogP contribution in [0.5, 0.6) is 5.75 Å². The fourth-order valence-electron chi connectivity index (χ4n) is 3.88. The number of para-hydroxylation sites is 1. The number of aromatic nitrogens is 1.